The Bertz CT molecular complexity index is 679. The minimum atomic E-state index is -3.00. The van der Waals surface area contributed by atoms with E-state index in [1.54, 1.807) is 23.1 Å². The van der Waals surface area contributed by atoms with Gasteiger partial charge in [0.15, 0.2) is 9.84 Å². The molecule has 1 aliphatic heterocycles. The van der Waals surface area contributed by atoms with Crippen LogP contribution in [0.3, 0.4) is 0 Å². The molecule has 1 fully saturated rings. The first-order valence-electron chi connectivity index (χ1n) is 7.51. The fourth-order valence-corrected chi connectivity index (χ4v) is 4.95. The SMILES string of the molecule is CCN(C(=O)CCNc1ccc(Cl)cc1Cl)C1CCS(=O)(=O)C1. The third-order valence-corrected chi connectivity index (χ3v) is 6.19. The van der Waals surface area contributed by atoms with Gasteiger partial charge in [-0.1, -0.05) is 23.2 Å². The van der Waals surface area contributed by atoms with Crippen molar-refractivity contribution in [2.45, 2.75) is 25.8 Å². The number of sulfone groups is 1. The first-order valence-corrected chi connectivity index (χ1v) is 10.1. The number of rotatable bonds is 6. The van der Waals surface area contributed by atoms with Crippen LogP contribution in [0.4, 0.5) is 5.69 Å². The summed E-state index contributed by atoms with van der Waals surface area (Å²) < 4.78 is 23.1. The van der Waals surface area contributed by atoms with Crippen molar-refractivity contribution in [1.29, 1.82) is 0 Å². The van der Waals surface area contributed by atoms with Crippen molar-refractivity contribution in [2.75, 3.05) is 29.9 Å². The largest absolute Gasteiger partial charge is 0.383 e. The summed E-state index contributed by atoms with van der Waals surface area (Å²) in [5, 5.41) is 4.15. The maximum atomic E-state index is 12.3. The van der Waals surface area contributed by atoms with Crippen molar-refractivity contribution in [1.82, 2.24) is 4.90 Å². The Kier molecular flexibility index (Phi) is 6.17. The molecule has 0 aliphatic carbocycles. The molecule has 2 rings (SSSR count). The van der Waals surface area contributed by atoms with Crippen molar-refractivity contribution in [2.24, 2.45) is 0 Å². The van der Waals surface area contributed by atoms with E-state index in [4.69, 9.17) is 23.2 Å². The van der Waals surface area contributed by atoms with E-state index in [0.29, 0.717) is 29.6 Å². The van der Waals surface area contributed by atoms with Gasteiger partial charge in [-0.2, -0.15) is 0 Å². The fourth-order valence-electron chi connectivity index (χ4n) is 2.74. The molecule has 1 unspecified atom stereocenters. The highest BCUT2D eigenvalue weighted by molar-refractivity contribution is 7.91. The summed E-state index contributed by atoms with van der Waals surface area (Å²) in [5.41, 5.74) is 0.718. The van der Waals surface area contributed by atoms with Crippen LogP contribution in [-0.4, -0.2) is 49.9 Å². The predicted molar refractivity (Wildman–Crippen MR) is 94.0 cm³/mol. The minimum Gasteiger partial charge on any atom is -0.383 e. The molecule has 1 heterocycles. The van der Waals surface area contributed by atoms with Gasteiger partial charge in [0.2, 0.25) is 5.91 Å². The second-order valence-corrected chi connectivity index (χ2v) is 8.61. The van der Waals surface area contributed by atoms with E-state index in [1.165, 1.54) is 0 Å². The molecule has 5 nitrogen and oxygen atoms in total. The first kappa shape index (κ1) is 18.4. The van der Waals surface area contributed by atoms with Crippen LogP contribution in [-0.2, 0) is 14.6 Å². The second-order valence-electron chi connectivity index (χ2n) is 5.54. The summed E-state index contributed by atoms with van der Waals surface area (Å²) in [5.74, 6) is 0.190. The van der Waals surface area contributed by atoms with Gasteiger partial charge >= 0.3 is 0 Å². The molecule has 1 aromatic rings. The molecule has 23 heavy (non-hydrogen) atoms. The third kappa shape index (κ3) is 4.99. The molecule has 1 saturated heterocycles. The summed E-state index contributed by atoms with van der Waals surface area (Å²) in [6, 6.07) is 4.92. The molecule has 128 valence electrons. The third-order valence-electron chi connectivity index (χ3n) is 3.90. The molecule has 8 heteroatoms. The smallest absolute Gasteiger partial charge is 0.224 e. The Morgan fingerprint density at radius 2 is 2.13 bits per heavy atom. The summed E-state index contributed by atoms with van der Waals surface area (Å²) in [6.45, 7) is 2.81. The average molecular weight is 379 g/mol. The second kappa shape index (κ2) is 7.73. The van der Waals surface area contributed by atoms with Gasteiger partial charge in [0, 0.05) is 30.6 Å². The van der Waals surface area contributed by atoms with E-state index in [2.05, 4.69) is 5.32 Å². The zero-order valence-electron chi connectivity index (χ0n) is 12.9. The number of nitrogens with zero attached hydrogens (tertiary/aromatic N) is 1. The molecule has 1 aliphatic rings. The normalized spacial score (nSPS) is 19.5. The van der Waals surface area contributed by atoms with Crippen molar-refractivity contribution < 1.29 is 13.2 Å². The zero-order valence-corrected chi connectivity index (χ0v) is 15.2. The summed E-state index contributed by atoms with van der Waals surface area (Å²) in [4.78, 5) is 14.0. The van der Waals surface area contributed by atoms with Crippen LogP contribution in [0.2, 0.25) is 10.0 Å². The Morgan fingerprint density at radius 1 is 1.39 bits per heavy atom. The Morgan fingerprint density at radius 3 is 2.70 bits per heavy atom. The van der Waals surface area contributed by atoms with E-state index >= 15 is 0 Å². The quantitative estimate of drug-likeness (QED) is 0.826. The molecular weight excluding hydrogens is 359 g/mol. The maximum Gasteiger partial charge on any atom is 0.224 e. The van der Waals surface area contributed by atoms with Crippen molar-refractivity contribution >= 4 is 44.6 Å². The van der Waals surface area contributed by atoms with Crippen molar-refractivity contribution in [3.63, 3.8) is 0 Å². The topological polar surface area (TPSA) is 66.5 Å². The molecule has 1 aromatic carbocycles. The summed E-state index contributed by atoms with van der Waals surface area (Å²) in [6.07, 6.45) is 0.807. The van der Waals surface area contributed by atoms with Gasteiger partial charge < -0.3 is 10.2 Å². The van der Waals surface area contributed by atoms with E-state index in [9.17, 15) is 13.2 Å². The van der Waals surface area contributed by atoms with Crippen LogP contribution < -0.4 is 5.32 Å². The molecular formula is C15H20Cl2N2O3S. The van der Waals surface area contributed by atoms with Gasteiger partial charge in [0.1, 0.15) is 0 Å². The molecule has 1 N–H and O–H groups in total. The minimum absolute atomic E-state index is 0.0489. The lowest BCUT2D eigenvalue weighted by atomic mass is 10.2. The first-order chi connectivity index (χ1) is 10.8. The molecule has 0 bridgehead atoms. The lowest BCUT2D eigenvalue weighted by molar-refractivity contribution is -0.132. The monoisotopic (exact) mass is 378 g/mol. The molecule has 0 spiro atoms. The van der Waals surface area contributed by atoms with Gasteiger partial charge in [-0.05, 0) is 31.5 Å². The predicted octanol–water partition coefficient (Wildman–Crippen LogP) is 2.83. The number of anilines is 1. The van der Waals surface area contributed by atoms with Crippen LogP contribution in [0.25, 0.3) is 0 Å². The van der Waals surface area contributed by atoms with Crippen molar-refractivity contribution in [3.8, 4) is 0 Å². The van der Waals surface area contributed by atoms with E-state index in [0.717, 1.165) is 5.69 Å². The van der Waals surface area contributed by atoms with E-state index in [-0.39, 0.29) is 29.9 Å². The van der Waals surface area contributed by atoms with Gasteiger partial charge in [-0.3, -0.25) is 4.79 Å². The number of benzene rings is 1. The standard InChI is InChI=1S/C15H20Cl2N2O3S/c1-2-19(12-6-8-23(21,22)10-12)15(20)5-7-18-14-4-3-11(16)9-13(14)17/h3-4,9,12,18H,2,5-8,10H2,1H3. The summed E-state index contributed by atoms with van der Waals surface area (Å²) in [7, 11) is -3.00. The van der Waals surface area contributed by atoms with Gasteiger partial charge in [0.05, 0.1) is 22.2 Å². The van der Waals surface area contributed by atoms with Crippen LogP contribution >= 0.6 is 23.2 Å². The maximum absolute atomic E-state index is 12.3. The fraction of sp³-hybridized carbons (Fsp3) is 0.533. The summed E-state index contributed by atoms with van der Waals surface area (Å²) >= 11 is 11.9. The molecule has 1 amide bonds. The Balaban J connectivity index is 1.88. The molecule has 0 saturated carbocycles. The average Bonchev–Trinajstić information content (AvgIpc) is 2.82. The van der Waals surface area contributed by atoms with Crippen LogP contribution in [0.1, 0.15) is 19.8 Å². The number of carbonyl (C=O) groups excluding carboxylic acids is 1. The van der Waals surface area contributed by atoms with Crippen LogP contribution in [0, 0.1) is 0 Å². The van der Waals surface area contributed by atoms with E-state index in [1.807, 2.05) is 6.92 Å². The van der Waals surface area contributed by atoms with Crippen LogP contribution in [0.15, 0.2) is 18.2 Å². The number of hydrogen-bond donors (Lipinski definition) is 1. The number of amides is 1. The lowest BCUT2D eigenvalue weighted by Gasteiger charge is -2.27. The number of halogens is 2. The molecule has 0 radical (unpaired) electrons. The zero-order chi connectivity index (χ0) is 17.0. The van der Waals surface area contributed by atoms with Gasteiger partial charge in [-0.15, -0.1) is 0 Å². The highest BCUT2D eigenvalue weighted by Crippen LogP contribution is 2.25. The van der Waals surface area contributed by atoms with E-state index < -0.39 is 9.84 Å². The number of carbonyl (C=O) groups is 1. The Hall–Kier alpha value is -0.980. The van der Waals surface area contributed by atoms with Gasteiger partial charge in [-0.25, -0.2) is 8.42 Å². The molecule has 0 aromatic heterocycles. The Labute approximate surface area is 146 Å². The number of nitrogens with one attached hydrogen (secondary N) is 1. The van der Waals surface area contributed by atoms with Crippen LogP contribution in [0.5, 0.6) is 0 Å². The lowest BCUT2D eigenvalue weighted by Crippen LogP contribution is -2.41. The van der Waals surface area contributed by atoms with Gasteiger partial charge in [0.25, 0.3) is 0 Å². The molecule has 1 atom stereocenters. The highest BCUT2D eigenvalue weighted by atomic mass is 35.5. The van der Waals surface area contributed by atoms with Crippen molar-refractivity contribution in [3.05, 3.63) is 28.2 Å². The number of hydrogen-bond acceptors (Lipinski definition) is 4. The highest BCUT2D eigenvalue weighted by Gasteiger charge is 2.33.